The van der Waals surface area contributed by atoms with E-state index in [1.165, 1.54) is 32.1 Å². The molecule has 3 nitrogen and oxygen atoms in total. The van der Waals surface area contributed by atoms with E-state index in [4.69, 9.17) is 5.73 Å². The minimum atomic E-state index is 0.0656. The minimum absolute atomic E-state index is 0.0656. The lowest BCUT2D eigenvalue weighted by atomic mass is 9.78. The molecule has 19 heavy (non-hydrogen) atoms. The van der Waals surface area contributed by atoms with Gasteiger partial charge in [0, 0.05) is 11.5 Å². The second-order valence-corrected chi connectivity index (χ2v) is 6.92. The molecule has 2 saturated carbocycles. The minimum Gasteiger partial charge on any atom is -0.351 e. The van der Waals surface area contributed by atoms with Gasteiger partial charge in [0.25, 0.3) is 0 Å². The molecule has 0 heterocycles. The molecular weight excluding hydrogens is 236 g/mol. The van der Waals surface area contributed by atoms with Gasteiger partial charge in [-0.25, -0.2) is 0 Å². The molecule has 3 N–H and O–H groups in total. The number of nitrogens with one attached hydrogen (secondary N) is 1. The van der Waals surface area contributed by atoms with Gasteiger partial charge < -0.3 is 11.1 Å². The Balaban J connectivity index is 1.84. The summed E-state index contributed by atoms with van der Waals surface area (Å²) >= 11 is 0. The number of hydrogen-bond acceptors (Lipinski definition) is 2. The van der Waals surface area contributed by atoms with Crippen molar-refractivity contribution in [2.75, 3.05) is 6.54 Å². The van der Waals surface area contributed by atoms with Crippen molar-refractivity contribution >= 4 is 5.91 Å². The summed E-state index contributed by atoms with van der Waals surface area (Å²) in [5.74, 6) is 1.23. The van der Waals surface area contributed by atoms with E-state index in [1.54, 1.807) is 0 Å². The zero-order valence-corrected chi connectivity index (χ0v) is 12.4. The Morgan fingerprint density at radius 2 is 1.95 bits per heavy atom. The first-order chi connectivity index (χ1) is 9.13. The number of hydrogen-bond donors (Lipinski definition) is 2. The molecule has 2 fully saturated rings. The molecule has 0 radical (unpaired) electrons. The van der Waals surface area contributed by atoms with Crippen LogP contribution in [0, 0.1) is 11.8 Å². The standard InChI is InChI=1S/C16H30N2O/c1-16(9-3-2-4-10-16)18-15(19)14-7-5-6-13(12-14)8-11-17/h13-14H,2-12,17H2,1H3,(H,18,19). The predicted octanol–water partition coefficient (Wildman–Crippen LogP) is 2.98. The maximum absolute atomic E-state index is 12.5. The number of carbonyl (C=O) groups is 1. The van der Waals surface area contributed by atoms with E-state index >= 15 is 0 Å². The molecule has 0 spiro atoms. The molecule has 0 aromatic heterocycles. The summed E-state index contributed by atoms with van der Waals surface area (Å²) in [5, 5.41) is 3.36. The van der Waals surface area contributed by atoms with Crippen molar-refractivity contribution in [1.29, 1.82) is 0 Å². The highest BCUT2D eigenvalue weighted by molar-refractivity contribution is 5.79. The Hall–Kier alpha value is -0.570. The molecule has 0 bridgehead atoms. The van der Waals surface area contributed by atoms with E-state index in [9.17, 15) is 4.79 Å². The highest BCUT2D eigenvalue weighted by Gasteiger charge is 2.33. The van der Waals surface area contributed by atoms with Gasteiger partial charge in [0.2, 0.25) is 5.91 Å². The molecular formula is C16H30N2O. The Morgan fingerprint density at radius 3 is 2.63 bits per heavy atom. The summed E-state index contributed by atoms with van der Waals surface area (Å²) in [5.41, 5.74) is 5.72. The quantitative estimate of drug-likeness (QED) is 0.822. The van der Waals surface area contributed by atoms with Crippen LogP contribution in [-0.2, 0) is 4.79 Å². The SMILES string of the molecule is CC1(NC(=O)C2CCCC(CCN)C2)CCCCC1. The van der Waals surface area contributed by atoms with Gasteiger partial charge in [0.15, 0.2) is 0 Å². The highest BCUT2D eigenvalue weighted by atomic mass is 16.2. The third-order valence-corrected chi connectivity index (χ3v) is 5.11. The number of nitrogens with two attached hydrogens (primary N) is 1. The maximum Gasteiger partial charge on any atom is 0.223 e. The molecule has 1 amide bonds. The fraction of sp³-hybridized carbons (Fsp3) is 0.938. The van der Waals surface area contributed by atoms with Crippen molar-refractivity contribution in [2.45, 2.75) is 76.7 Å². The van der Waals surface area contributed by atoms with E-state index in [1.807, 2.05) is 0 Å². The number of rotatable bonds is 4. The second-order valence-electron chi connectivity index (χ2n) is 6.92. The first-order valence-electron chi connectivity index (χ1n) is 8.15. The van der Waals surface area contributed by atoms with E-state index < -0.39 is 0 Å². The van der Waals surface area contributed by atoms with Gasteiger partial charge >= 0.3 is 0 Å². The zero-order chi connectivity index (χ0) is 13.7. The van der Waals surface area contributed by atoms with Crippen LogP contribution >= 0.6 is 0 Å². The van der Waals surface area contributed by atoms with Gasteiger partial charge in [-0.05, 0) is 51.5 Å². The fourth-order valence-corrected chi connectivity index (χ4v) is 3.88. The van der Waals surface area contributed by atoms with E-state index in [0.717, 1.165) is 38.6 Å². The van der Waals surface area contributed by atoms with Crippen LogP contribution in [0.3, 0.4) is 0 Å². The summed E-state index contributed by atoms with van der Waals surface area (Å²) in [6.45, 7) is 2.99. The van der Waals surface area contributed by atoms with Crippen LogP contribution in [0.2, 0.25) is 0 Å². The molecule has 0 aromatic carbocycles. The number of amides is 1. The van der Waals surface area contributed by atoms with Crippen molar-refractivity contribution < 1.29 is 4.79 Å². The van der Waals surface area contributed by atoms with E-state index in [2.05, 4.69) is 12.2 Å². The van der Waals surface area contributed by atoms with Gasteiger partial charge in [-0.3, -0.25) is 4.79 Å². The maximum atomic E-state index is 12.5. The van der Waals surface area contributed by atoms with Gasteiger partial charge in [-0.2, -0.15) is 0 Å². The smallest absolute Gasteiger partial charge is 0.223 e. The van der Waals surface area contributed by atoms with Crippen molar-refractivity contribution in [3.05, 3.63) is 0 Å². The molecule has 0 saturated heterocycles. The zero-order valence-electron chi connectivity index (χ0n) is 12.4. The van der Waals surface area contributed by atoms with Crippen LogP contribution in [0.15, 0.2) is 0 Å². The fourth-order valence-electron chi connectivity index (χ4n) is 3.88. The molecule has 2 unspecified atom stereocenters. The van der Waals surface area contributed by atoms with E-state index in [-0.39, 0.29) is 11.5 Å². The molecule has 0 aromatic rings. The molecule has 3 heteroatoms. The summed E-state index contributed by atoms with van der Waals surface area (Å²) in [4.78, 5) is 12.5. The lowest BCUT2D eigenvalue weighted by Crippen LogP contribution is -2.50. The normalized spacial score (nSPS) is 30.8. The first-order valence-corrected chi connectivity index (χ1v) is 8.15. The third-order valence-electron chi connectivity index (χ3n) is 5.11. The lowest BCUT2D eigenvalue weighted by Gasteiger charge is -2.37. The Kier molecular flexibility index (Phi) is 5.26. The van der Waals surface area contributed by atoms with Gasteiger partial charge in [-0.15, -0.1) is 0 Å². The average molecular weight is 266 g/mol. The van der Waals surface area contributed by atoms with Crippen LogP contribution in [0.5, 0.6) is 0 Å². The summed E-state index contributed by atoms with van der Waals surface area (Å²) < 4.78 is 0. The Labute approximate surface area is 117 Å². The van der Waals surface area contributed by atoms with Crippen LogP contribution in [-0.4, -0.2) is 18.0 Å². The summed E-state index contributed by atoms with van der Waals surface area (Å²) in [7, 11) is 0. The summed E-state index contributed by atoms with van der Waals surface area (Å²) in [6, 6.07) is 0. The molecule has 2 aliphatic rings. The van der Waals surface area contributed by atoms with Crippen LogP contribution in [0.1, 0.15) is 71.1 Å². The monoisotopic (exact) mass is 266 g/mol. The second kappa shape index (κ2) is 6.74. The van der Waals surface area contributed by atoms with Gasteiger partial charge in [-0.1, -0.05) is 32.1 Å². The lowest BCUT2D eigenvalue weighted by molar-refractivity contribution is -0.128. The average Bonchev–Trinajstić information content (AvgIpc) is 2.40. The molecule has 2 rings (SSSR count). The van der Waals surface area contributed by atoms with Crippen molar-refractivity contribution in [3.8, 4) is 0 Å². The topological polar surface area (TPSA) is 55.1 Å². The van der Waals surface area contributed by atoms with Crippen LogP contribution < -0.4 is 11.1 Å². The predicted molar refractivity (Wildman–Crippen MR) is 78.8 cm³/mol. The number of carbonyl (C=O) groups excluding carboxylic acids is 1. The van der Waals surface area contributed by atoms with Gasteiger partial charge in [0.05, 0.1) is 0 Å². The molecule has 0 aliphatic heterocycles. The Morgan fingerprint density at radius 1 is 1.21 bits per heavy atom. The highest BCUT2D eigenvalue weighted by Crippen LogP contribution is 2.33. The summed E-state index contributed by atoms with van der Waals surface area (Å²) in [6.07, 6.45) is 11.8. The molecule has 110 valence electrons. The largest absolute Gasteiger partial charge is 0.351 e. The van der Waals surface area contributed by atoms with Crippen molar-refractivity contribution in [3.63, 3.8) is 0 Å². The van der Waals surface area contributed by atoms with Gasteiger partial charge in [0.1, 0.15) is 0 Å². The Bertz CT molecular complexity index is 295. The molecule has 2 aliphatic carbocycles. The third kappa shape index (κ3) is 4.20. The van der Waals surface area contributed by atoms with Crippen LogP contribution in [0.25, 0.3) is 0 Å². The van der Waals surface area contributed by atoms with Crippen molar-refractivity contribution in [1.82, 2.24) is 5.32 Å². The van der Waals surface area contributed by atoms with Crippen LogP contribution in [0.4, 0.5) is 0 Å². The molecule has 2 atom stereocenters. The first kappa shape index (κ1) is 14.8. The van der Waals surface area contributed by atoms with E-state index in [0.29, 0.717) is 11.8 Å². The van der Waals surface area contributed by atoms with Crippen molar-refractivity contribution in [2.24, 2.45) is 17.6 Å².